The highest BCUT2D eigenvalue weighted by atomic mass is 19.1. The molecule has 0 amide bonds. The standard InChI is InChI=1S/C16H15FN4O/c1-10-3-6-12(7-4-10)21-16(18)15(19-20-21)11-5-8-14(22-2)13(17)9-11/h3-9H,18H2,1-2H3. The maximum Gasteiger partial charge on any atom is 0.165 e. The third kappa shape index (κ3) is 2.39. The summed E-state index contributed by atoms with van der Waals surface area (Å²) in [6.45, 7) is 2.00. The van der Waals surface area contributed by atoms with E-state index in [9.17, 15) is 4.39 Å². The summed E-state index contributed by atoms with van der Waals surface area (Å²) in [7, 11) is 1.42. The number of methoxy groups -OCH3 is 1. The number of hydrogen-bond donors (Lipinski definition) is 1. The molecule has 2 aromatic carbocycles. The first kappa shape index (κ1) is 14.1. The molecule has 0 aliphatic heterocycles. The minimum atomic E-state index is -0.468. The molecule has 0 unspecified atom stereocenters. The monoisotopic (exact) mass is 298 g/mol. The van der Waals surface area contributed by atoms with Crippen molar-refractivity contribution < 1.29 is 9.13 Å². The molecule has 0 saturated heterocycles. The van der Waals surface area contributed by atoms with Gasteiger partial charge in [-0.05, 0) is 37.3 Å². The van der Waals surface area contributed by atoms with Gasteiger partial charge in [-0.1, -0.05) is 22.9 Å². The molecule has 0 aliphatic carbocycles. The van der Waals surface area contributed by atoms with E-state index in [2.05, 4.69) is 10.3 Å². The van der Waals surface area contributed by atoms with Gasteiger partial charge in [-0.15, -0.1) is 5.10 Å². The van der Waals surface area contributed by atoms with Crippen LogP contribution in [0, 0.1) is 12.7 Å². The minimum absolute atomic E-state index is 0.174. The van der Waals surface area contributed by atoms with Crippen LogP contribution in [0.25, 0.3) is 16.9 Å². The summed E-state index contributed by atoms with van der Waals surface area (Å²) in [6.07, 6.45) is 0. The molecule has 0 fully saturated rings. The van der Waals surface area contributed by atoms with E-state index in [1.165, 1.54) is 23.9 Å². The second kappa shape index (κ2) is 5.48. The van der Waals surface area contributed by atoms with Crippen LogP contribution in [-0.4, -0.2) is 22.1 Å². The number of nitrogen functional groups attached to an aromatic ring is 1. The molecule has 1 aromatic heterocycles. The lowest BCUT2D eigenvalue weighted by Gasteiger charge is -2.05. The Bertz CT molecular complexity index is 812. The zero-order valence-electron chi connectivity index (χ0n) is 12.2. The van der Waals surface area contributed by atoms with Crippen LogP contribution in [-0.2, 0) is 0 Å². The first-order valence-electron chi connectivity index (χ1n) is 6.72. The lowest BCUT2D eigenvalue weighted by Crippen LogP contribution is -2.02. The van der Waals surface area contributed by atoms with Crippen LogP contribution in [0.15, 0.2) is 42.5 Å². The van der Waals surface area contributed by atoms with Gasteiger partial charge < -0.3 is 10.5 Å². The molecular formula is C16H15FN4O. The van der Waals surface area contributed by atoms with Crippen LogP contribution < -0.4 is 10.5 Å². The average molecular weight is 298 g/mol. The summed E-state index contributed by atoms with van der Waals surface area (Å²) >= 11 is 0. The SMILES string of the molecule is COc1ccc(-c2nnn(-c3ccc(C)cc3)c2N)cc1F. The second-order valence-electron chi connectivity index (χ2n) is 4.92. The van der Waals surface area contributed by atoms with Crippen LogP contribution in [0.5, 0.6) is 5.75 Å². The Morgan fingerprint density at radius 3 is 2.50 bits per heavy atom. The van der Waals surface area contributed by atoms with E-state index in [-0.39, 0.29) is 5.75 Å². The van der Waals surface area contributed by atoms with Gasteiger partial charge in [-0.2, -0.15) is 4.68 Å². The van der Waals surface area contributed by atoms with Gasteiger partial charge in [0.25, 0.3) is 0 Å². The average Bonchev–Trinajstić information content (AvgIpc) is 2.90. The fourth-order valence-corrected chi connectivity index (χ4v) is 2.19. The number of rotatable bonds is 3. The molecule has 0 radical (unpaired) electrons. The number of hydrogen-bond acceptors (Lipinski definition) is 4. The molecular weight excluding hydrogens is 283 g/mol. The predicted octanol–water partition coefficient (Wildman–Crippen LogP) is 2.97. The Morgan fingerprint density at radius 2 is 1.86 bits per heavy atom. The van der Waals surface area contributed by atoms with Gasteiger partial charge in [0.2, 0.25) is 0 Å². The van der Waals surface area contributed by atoms with Crippen molar-refractivity contribution in [2.24, 2.45) is 0 Å². The molecule has 3 aromatic rings. The normalized spacial score (nSPS) is 10.7. The van der Waals surface area contributed by atoms with Crippen molar-refractivity contribution in [1.82, 2.24) is 15.0 Å². The fourth-order valence-electron chi connectivity index (χ4n) is 2.19. The Hall–Kier alpha value is -2.89. The number of nitrogens with zero attached hydrogens (tertiary/aromatic N) is 3. The summed E-state index contributed by atoms with van der Waals surface area (Å²) in [5.41, 5.74) is 9.03. The molecule has 0 atom stereocenters. The summed E-state index contributed by atoms with van der Waals surface area (Å²) in [6, 6.07) is 12.3. The number of anilines is 1. The lowest BCUT2D eigenvalue weighted by atomic mass is 10.1. The van der Waals surface area contributed by atoms with Crippen molar-refractivity contribution in [3.63, 3.8) is 0 Å². The van der Waals surface area contributed by atoms with Gasteiger partial charge in [0, 0.05) is 5.56 Å². The Kier molecular flexibility index (Phi) is 3.50. The quantitative estimate of drug-likeness (QED) is 0.807. The molecule has 0 spiro atoms. The smallest absolute Gasteiger partial charge is 0.165 e. The van der Waals surface area contributed by atoms with E-state index >= 15 is 0 Å². The van der Waals surface area contributed by atoms with Gasteiger partial charge >= 0.3 is 0 Å². The van der Waals surface area contributed by atoms with Gasteiger partial charge in [-0.3, -0.25) is 0 Å². The van der Waals surface area contributed by atoms with Crippen LogP contribution >= 0.6 is 0 Å². The number of aromatic nitrogens is 3. The molecule has 0 bridgehead atoms. The summed E-state index contributed by atoms with van der Waals surface area (Å²) < 4.78 is 20.3. The van der Waals surface area contributed by atoms with E-state index in [1.807, 2.05) is 31.2 Å². The Balaban J connectivity index is 2.03. The maximum atomic E-state index is 13.8. The van der Waals surface area contributed by atoms with Gasteiger partial charge in [0.05, 0.1) is 12.8 Å². The maximum absolute atomic E-state index is 13.8. The van der Waals surface area contributed by atoms with Crippen molar-refractivity contribution in [3.8, 4) is 22.7 Å². The topological polar surface area (TPSA) is 66.0 Å². The highest BCUT2D eigenvalue weighted by Crippen LogP contribution is 2.28. The fraction of sp³-hybridized carbons (Fsp3) is 0.125. The van der Waals surface area contributed by atoms with Gasteiger partial charge in [0.15, 0.2) is 17.4 Å². The van der Waals surface area contributed by atoms with E-state index in [1.54, 1.807) is 6.07 Å². The molecule has 0 aliphatic rings. The summed E-state index contributed by atoms with van der Waals surface area (Å²) in [5.74, 6) is 0.0611. The van der Waals surface area contributed by atoms with Crippen LogP contribution in [0.1, 0.15) is 5.56 Å². The highest BCUT2D eigenvalue weighted by molar-refractivity contribution is 5.71. The molecule has 112 valence electrons. The second-order valence-corrected chi connectivity index (χ2v) is 4.92. The molecule has 22 heavy (non-hydrogen) atoms. The number of ether oxygens (including phenoxy) is 1. The number of benzene rings is 2. The van der Waals surface area contributed by atoms with Crippen molar-refractivity contribution in [2.45, 2.75) is 6.92 Å². The van der Waals surface area contributed by atoms with Crippen LogP contribution in [0.2, 0.25) is 0 Å². The van der Waals surface area contributed by atoms with Crippen molar-refractivity contribution >= 4 is 5.82 Å². The van der Waals surface area contributed by atoms with Gasteiger partial charge in [-0.25, -0.2) is 4.39 Å². The van der Waals surface area contributed by atoms with E-state index in [0.29, 0.717) is 17.1 Å². The highest BCUT2D eigenvalue weighted by Gasteiger charge is 2.15. The number of halogens is 1. The minimum Gasteiger partial charge on any atom is -0.494 e. The predicted molar refractivity (Wildman–Crippen MR) is 82.5 cm³/mol. The Labute approximate surface area is 127 Å². The van der Waals surface area contributed by atoms with E-state index in [4.69, 9.17) is 10.5 Å². The molecule has 3 rings (SSSR count). The van der Waals surface area contributed by atoms with Crippen molar-refractivity contribution in [3.05, 3.63) is 53.8 Å². The molecule has 2 N–H and O–H groups in total. The van der Waals surface area contributed by atoms with Crippen LogP contribution in [0.3, 0.4) is 0 Å². The zero-order chi connectivity index (χ0) is 15.7. The zero-order valence-corrected chi connectivity index (χ0v) is 12.2. The van der Waals surface area contributed by atoms with Gasteiger partial charge in [0.1, 0.15) is 5.69 Å². The van der Waals surface area contributed by atoms with E-state index < -0.39 is 5.82 Å². The largest absolute Gasteiger partial charge is 0.494 e. The first-order valence-corrected chi connectivity index (χ1v) is 6.72. The first-order chi connectivity index (χ1) is 10.6. The summed E-state index contributed by atoms with van der Waals surface area (Å²) in [5, 5.41) is 8.11. The lowest BCUT2D eigenvalue weighted by molar-refractivity contribution is 0.386. The van der Waals surface area contributed by atoms with Crippen LogP contribution in [0.4, 0.5) is 10.2 Å². The molecule has 6 heteroatoms. The summed E-state index contributed by atoms with van der Waals surface area (Å²) in [4.78, 5) is 0. The third-order valence-corrected chi connectivity index (χ3v) is 3.41. The third-order valence-electron chi connectivity index (χ3n) is 3.41. The van der Waals surface area contributed by atoms with E-state index in [0.717, 1.165) is 11.3 Å². The van der Waals surface area contributed by atoms with Crippen molar-refractivity contribution in [1.29, 1.82) is 0 Å². The number of aryl methyl sites for hydroxylation is 1. The number of nitrogens with two attached hydrogens (primary N) is 1. The molecule has 5 nitrogen and oxygen atoms in total. The molecule has 0 saturated carbocycles. The van der Waals surface area contributed by atoms with Crippen molar-refractivity contribution in [2.75, 3.05) is 12.8 Å². The Morgan fingerprint density at radius 1 is 1.14 bits per heavy atom. The molecule has 1 heterocycles.